The van der Waals surface area contributed by atoms with Crippen molar-refractivity contribution >= 4 is 29.9 Å². The first-order chi connectivity index (χ1) is 13.1. The van der Waals surface area contributed by atoms with Gasteiger partial charge in [0.1, 0.15) is 5.69 Å². The van der Waals surface area contributed by atoms with E-state index in [9.17, 15) is 0 Å². The highest BCUT2D eigenvalue weighted by Crippen LogP contribution is 2.22. The van der Waals surface area contributed by atoms with Crippen LogP contribution in [0.1, 0.15) is 25.1 Å². The molecule has 148 valence electrons. The highest BCUT2D eigenvalue weighted by molar-refractivity contribution is 14.0. The largest absolute Gasteiger partial charge is 0.356 e. The number of rotatable bonds is 6. The van der Waals surface area contributed by atoms with Gasteiger partial charge in [0.05, 0.1) is 6.54 Å². The Kier molecular flexibility index (Phi) is 8.04. The van der Waals surface area contributed by atoms with Crippen molar-refractivity contribution in [2.75, 3.05) is 13.6 Å². The highest BCUT2D eigenvalue weighted by atomic mass is 127. The van der Waals surface area contributed by atoms with Gasteiger partial charge in [0.25, 0.3) is 0 Å². The van der Waals surface area contributed by atoms with Crippen LogP contribution in [0.5, 0.6) is 0 Å². The summed E-state index contributed by atoms with van der Waals surface area (Å²) >= 11 is 0. The predicted molar refractivity (Wildman–Crippen MR) is 125 cm³/mol. The Bertz CT molecular complexity index is 876. The number of guanidine groups is 1. The number of hydrogen-bond acceptors (Lipinski definition) is 3. The Morgan fingerprint density at radius 2 is 1.64 bits per heavy atom. The van der Waals surface area contributed by atoms with Gasteiger partial charge in [0.15, 0.2) is 11.7 Å². The second-order valence-electron chi connectivity index (χ2n) is 7.08. The molecule has 5 nitrogen and oxygen atoms in total. The van der Waals surface area contributed by atoms with Crippen molar-refractivity contribution in [3.63, 3.8) is 0 Å². The molecule has 0 aliphatic rings. The second kappa shape index (κ2) is 10.3. The summed E-state index contributed by atoms with van der Waals surface area (Å²) in [6, 6.07) is 22.4. The number of halogens is 1. The van der Waals surface area contributed by atoms with Crippen molar-refractivity contribution in [2.45, 2.75) is 25.8 Å². The van der Waals surface area contributed by atoms with Gasteiger partial charge < -0.3 is 15.2 Å². The molecule has 0 amide bonds. The third kappa shape index (κ3) is 5.82. The molecule has 0 atom stereocenters. The van der Waals surface area contributed by atoms with E-state index < -0.39 is 0 Å². The van der Waals surface area contributed by atoms with Crippen molar-refractivity contribution in [3.8, 4) is 11.3 Å². The zero-order chi connectivity index (χ0) is 19.1. The molecule has 0 unspecified atom stereocenters. The summed E-state index contributed by atoms with van der Waals surface area (Å²) in [6.07, 6.45) is 0. The van der Waals surface area contributed by atoms with Crippen LogP contribution in [0.4, 0.5) is 0 Å². The van der Waals surface area contributed by atoms with Crippen molar-refractivity contribution in [2.24, 2.45) is 4.99 Å². The maximum atomic E-state index is 5.44. The summed E-state index contributed by atoms with van der Waals surface area (Å²) in [5, 5.41) is 10.8. The van der Waals surface area contributed by atoms with Gasteiger partial charge in [-0.25, -0.2) is 0 Å². The molecule has 0 saturated heterocycles. The maximum Gasteiger partial charge on any atom is 0.191 e. The number of nitrogens with one attached hydrogen (secondary N) is 2. The fraction of sp³-hybridized carbons (Fsp3) is 0.273. The Balaban J connectivity index is 0.00000280. The number of aliphatic imine (C=N–C) groups is 1. The van der Waals surface area contributed by atoms with Crippen LogP contribution in [0.25, 0.3) is 11.3 Å². The van der Waals surface area contributed by atoms with Gasteiger partial charge in [-0.05, 0) is 5.56 Å². The SMILES string of the molecule is CN=C(NCc1cc(-c2ccccc2)on1)NCC(C)(C)c1ccccc1.I. The van der Waals surface area contributed by atoms with E-state index in [1.54, 1.807) is 7.05 Å². The van der Waals surface area contributed by atoms with Crippen molar-refractivity contribution in [3.05, 3.63) is 78.0 Å². The number of nitrogens with zero attached hydrogens (tertiary/aromatic N) is 2. The Labute approximate surface area is 183 Å². The van der Waals surface area contributed by atoms with Crippen molar-refractivity contribution < 1.29 is 4.52 Å². The molecule has 3 aromatic rings. The molecular weight excluding hydrogens is 463 g/mol. The smallest absolute Gasteiger partial charge is 0.191 e. The van der Waals surface area contributed by atoms with Gasteiger partial charge in [-0.1, -0.05) is 79.7 Å². The van der Waals surface area contributed by atoms with E-state index in [4.69, 9.17) is 4.52 Å². The molecule has 0 aliphatic carbocycles. The first-order valence-corrected chi connectivity index (χ1v) is 9.09. The quantitative estimate of drug-likeness (QED) is 0.301. The standard InChI is InChI=1S/C22H26N4O.HI/c1-22(2,18-12-8-5-9-13-18)16-25-21(23-3)24-15-19-14-20(27-26-19)17-10-6-4-7-11-17;/h4-14H,15-16H2,1-3H3,(H2,23,24,25);1H. The molecule has 28 heavy (non-hydrogen) atoms. The van der Waals surface area contributed by atoms with Gasteiger partial charge in [-0.2, -0.15) is 0 Å². The van der Waals surface area contributed by atoms with Gasteiger partial charge in [-0.15, -0.1) is 24.0 Å². The molecule has 0 spiro atoms. The molecule has 0 radical (unpaired) electrons. The van der Waals surface area contributed by atoms with E-state index in [1.165, 1.54) is 5.56 Å². The zero-order valence-electron chi connectivity index (χ0n) is 16.5. The first-order valence-electron chi connectivity index (χ1n) is 9.09. The average Bonchev–Trinajstić information content (AvgIpc) is 3.18. The van der Waals surface area contributed by atoms with Gasteiger partial charge in [0.2, 0.25) is 0 Å². The fourth-order valence-corrected chi connectivity index (χ4v) is 2.82. The summed E-state index contributed by atoms with van der Waals surface area (Å²) < 4.78 is 5.44. The summed E-state index contributed by atoms with van der Waals surface area (Å²) in [4.78, 5) is 4.30. The summed E-state index contributed by atoms with van der Waals surface area (Å²) in [5.74, 6) is 1.50. The van der Waals surface area contributed by atoms with Crippen LogP contribution in [0.15, 0.2) is 76.2 Å². The van der Waals surface area contributed by atoms with Crippen molar-refractivity contribution in [1.82, 2.24) is 15.8 Å². The summed E-state index contributed by atoms with van der Waals surface area (Å²) in [7, 11) is 1.77. The van der Waals surface area contributed by atoms with E-state index >= 15 is 0 Å². The molecule has 0 aliphatic heterocycles. The van der Waals surface area contributed by atoms with Crippen LogP contribution in [0, 0.1) is 0 Å². The third-order valence-corrected chi connectivity index (χ3v) is 4.53. The molecule has 1 heterocycles. The lowest BCUT2D eigenvalue weighted by atomic mass is 9.85. The van der Waals surface area contributed by atoms with Crippen molar-refractivity contribution in [1.29, 1.82) is 0 Å². The summed E-state index contributed by atoms with van der Waals surface area (Å²) in [5.41, 5.74) is 3.13. The van der Waals surface area contributed by atoms with E-state index in [0.29, 0.717) is 6.54 Å². The lowest BCUT2D eigenvalue weighted by Gasteiger charge is -2.26. The van der Waals surface area contributed by atoms with E-state index in [-0.39, 0.29) is 29.4 Å². The van der Waals surface area contributed by atoms with Crippen LogP contribution in [-0.4, -0.2) is 24.7 Å². The van der Waals surface area contributed by atoms with E-state index in [2.05, 4.69) is 58.9 Å². The first kappa shape index (κ1) is 21.9. The molecule has 2 aromatic carbocycles. The molecule has 3 rings (SSSR count). The average molecular weight is 490 g/mol. The minimum atomic E-state index is -0.00670. The van der Waals surface area contributed by atoms with E-state index in [0.717, 1.165) is 29.5 Å². The third-order valence-electron chi connectivity index (χ3n) is 4.53. The predicted octanol–water partition coefficient (Wildman–Crippen LogP) is 4.60. The fourth-order valence-electron chi connectivity index (χ4n) is 2.82. The van der Waals surface area contributed by atoms with Crippen LogP contribution in [-0.2, 0) is 12.0 Å². The molecule has 1 aromatic heterocycles. The number of benzene rings is 2. The van der Waals surface area contributed by atoms with Crippen LogP contribution >= 0.6 is 24.0 Å². The van der Waals surface area contributed by atoms with Crippen LogP contribution in [0.3, 0.4) is 0 Å². The Hall–Kier alpha value is -2.35. The minimum Gasteiger partial charge on any atom is -0.356 e. The van der Waals surface area contributed by atoms with Gasteiger partial charge >= 0.3 is 0 Å². The van der Waals surface area contributed by atoms with Crippen LogP contribution < -0.4 is 10.6 Å². The number of hydrogen-bond donors (Lipinski definition) is 2. The van der Waals surface area contributed by atoms with Crippen LogP contribution in [0.2, 0.25) is 0 Å². The molecular formula is C22H27IN4O. The zero-order valence-corrected chi connectivity index (χ0v) is 18.8. The normalized spacial score (nSPS) is 11.6. The number of aromatic nitrogens is 1. The minimum absolute atomic E-state index is 0. The molecule has 0 fully saturated rings. The molecule has 0 bridgehead atoms. The lowest BCUT2D eigenvalue weighted by molar-refractivity contribution is 0.422. The lowest BCUT2D eigenvalue weighted by Crippen LogP contribution is -2.43. The topological polar surface area (TPSA) is 62.5 Å². The monoisotopic (exact) mass is 490 g/mol. The second-order valence-corrected chi connectivity index (χ2v) is 7.08. The van der Waals surface area contributed by atoms with E-state index in [1.807, 2.05) is 42.5 Å². The molecule has 6 heteroatoms. The molecule has 2 N–H and O–H groups in total. The maximum absolute atomic E-state index is 5.44. The van der Waals surface area contributed by atoms with Gasteiger partial charge in [-0.3, -0.25) is 4.99 Å². The highest BCUT2D eigenvalue weighted by Gasteiger charge is 2.20. The Morgan fingerprint density at radius 1 is 1.00 bits per heavy atom. The molecule has 0 saturated carbocycles. The van der Waals surface area contributed by atoms with Gasteiger partial charge in [0, 0.05) is 30.6 Å². The Morgan fingerprint density at radius 3 is 2.29 bits per heavy atom. The summed E-state index contributed by atoms with van der Waals surface area (Å²) in [6.45, 7) is 5.74.